The first-order valence-corrected chi connectivity index (χ1v) is 9.12. The van der Waals surface area contributed by atoms with E-state index >= 15 is 0 Å². The van der Waals surface area contributed by atoms with Crippen molar-refractivity contribution in [2.24, 2.45) is 0 Å². The summed E-state index contributed by atoms with van der Waals surface area (Å²) in [5.74, 6) is 1.44. The van der Waals surface area contributed by atoms with Crippen molar-refractivity contribution in [3.05, 3.63) is 35.9 Å². The Kier molecular flexibility index (Phi) is 6.11. The van der Waals surface area contributed by atoms with Gasteiger partial charge in [0.25, 0.3) is 5.91 Å². The van der Waals surface area contributed by atoms with Gasteiger partial charge in [-0.25, -0.2) is 0 Å². The third kappa shape index (κ3) is 4.06. The Morgan fingerprint density at radius 1 is 0.931 bits per heavy atom. The number of nitrogens with one attached hydrogen (secondary N) is 1. The number of hydrogen-bond donors (Lipinski definition) is 1. The summed E-state index contributed by atoms with van der Waals surface area (Å²) in [5.41, 5.74) is 1.52. The lowest BCUT2D eigenvalue weighted by Gasteiger charge is -2.20. The van der Waals surface area contributed by atoms with Gasteiger partial charge in [0.1, 0.15) is 5.75 Å². The topological polar surface area (TPSA) is 86.3 Å². The van der Waals surface area contributed by atoms with Crippen LogP contribution in [0.4, 0.5) is 11.4 Å². The number of carbonyl (C=O) groups is 2. The summed E-state index contributed by atoms with van der Waals surface area (Å²) in [6, 6.07) is 8.33. The van der Waals surface area contributed by atoms with Crippen LogP contribution in [0.5, 0.6) is 23.0 Å². The Bertz CT molecular complexity index is 902. The molecular weight excluding hydrogens is 376 g/mol. The normalized spacial score (nSPS) is 13.2. The monoisotopic (exact) mass is 400 g/mol. The van der Waals surface area contributed by atoms with Crippen LogP contribution in [0, 0.1) is 0 Å². The second-order valence-corrected chi connectivity index (χ2v) is 6.40. The van der Waals surface area contributed by atoms with E-state index in [-0.39, 0.29) is 11.8 Å². The summed E-state index contributed by atoms with van der Waals surface area (Å²) in [7, 11) is 6.02. The van der Waals surface area contributed by atoms with Gasteiger partial charge in [0.15, 0.2) is 11.5 Å². The summed E-state index contributed by atoms with van der Waals surface area (Å²) in [4.78, 5) is 26.6. The number of nitrogens with zero attached hydrogens (tertiary/aromatic N) is 1. The molecule has 1 aliphatic heterocycles. The van der Waals surface area contributed by atoms with Crippen LogP contribution < -0.4 is 29.2 Å². The molecule has 0 radical (unpaired) electrons. The fourth-order valence-electron chi connectivity index (χ4n) is 3.30. The zero-order chi connectivity index (χ0) is 21.0. The van der Waals surface area contributed by atoms with Gasteiger partial charge in [0, 0.05) is 24.2 Å². The molecule has 1 fully saturated rings. The molecule has 8 heteroatoms. The Balaban J connectivity index is 1.90. The quantitative estimate of drug-likeness (QED) is 0.769. The van der Waals surface area contributed by atoms with Gasteiger partial charge in [0.2, 0.25) is 11.7 Å². The van der Waals surface area contributed by atoms with Crippen LogP contribution in [-0.4, -0.2) is 46.8 Å². The third-order valence-electron chi connectivity index (χ3n) is 4.73. The van der Waals surface area contributed by atoms with Crippen molar-refractivity contribution in [3.8, 4) is 23.0 Å². The van der Waals surface area contributed by atoms with E-state index in [4.69, 9.17) is 18.9 Å². The zero-order valence-corrected chi connectivity index (χ0v) is 16.9. The third-order valence-corrected chi connectivity index (χ3v) is 4.73. The molecule has 0 spiro atoms. The Morgan fingerprint density at radius 2 is 1.59 bits per heavy atom. The Morgan fingerprint density at radius 3 is 2.10 bits per heavy atom. The van der Waals surface area contributed by atoms with Crippen LogP contribution in [0.15, 0.2) is 30.3 Å². The van der Waals surface area contributed by atoms with E-state index in [1.807, 2.05) is 0 Å². The van der Waals surface area contributed by atoms with Crippen molar-refractivity contribution in [1.82, 2.24) is 0 Å². The summed E-state index contributed by atoms with van der Waals surface area (Å²) in [6.07, 6.45) is 1.30. The zero-order valence-electron chi connectivity index (χ0n) is 16.9. The summed E-state index contributed by atoms with van der Waals surface area (Å²) in [6.45, 7) is 0.624. The van der Waals surface area contributed by atoms with Gasteiger partial charge < -0.3 is 29.2 Å². The van der Waals surface area contributed by atoms with Gasteiger partial charge in [-0.15, -0.1) is 0 Å². The summed E-state index contributed by atoms with van der Waals surface area (Å²) in [5, 5.41) is 2.84. The predicted molar refractivity (Wildman–Crippen MR) is 109 cm³/mol. The highest BCUT2D eigenvalue weighted by atomic mass is 16.5. The maximum absolute atomic E-state index is 12.8. The largest absolute Gasteiger partial charge is 0.495 e. The molecule has 29 heavy (non-hydrogen) atoms. The first kappa shape index (κ1) is 20.3. The Labute approximate surface area is 169 Å². The lowest BCUT2D eigenvalue weighted by Crippen LogP contribution is -2.24. The number of carbonyl (C=O) groups excluding carboxylic acids is 2. The lowest BCUT2D eigenvalue weighted by atomic mass is 10.1. The molecule has 1 saturated heterocycles. The molecule has 0 saturated carbocycles. The number of hydrogen-bond acceptors (Lipinski definition) is 6. The van der Waals surface area contributed by atoms with Crippen LogP contribution in [0.1, 0.15) is 23.2 Å². The van der Waals surface area contributed by atoms with Gasteiger partial charge >= 0.3 is 0 Å². The summed E-state index contributed by atoms with van der Waals surface area (Å²) < 4.78 is 21.3. The maximum atomic E-state index is 12.8. The van der Waals surface area contributed by atoms with Crippen molar-refractivity contribution in [3.63, 3.8) is 0 Å². The molecule has 0 unspecified atom stereocenters. The predicted octanol–water partition coefficient (Wildman–Crippen LogP) is 3.10. The van der Waals surface area contributed by atoms with E-state index in [1.165, 1.54) is 21.3 Å². The van der Waals surface area contributed by atoms with Gasteiger partial charge in [-0.05, 0) is 36.8 Å². The molecule has 8 nitrogen and oxygen atoms in total. The van der Waals surface area contributed by atoms with Gasteiger partial charge in [-0.2, -0.15) is 0 Å². The van der Waals surface area contributed by atoms with Gasteiger partial charge in [-0.1, -0.05) is 0 Å². The molecule has 0 bridgehead atoms. The van der Waals surface area contributed by atoms with Crippen molar-refractivity contribution < 1.29 is 28.5 Å². The van der Waals surface area contributed by atoms with E-state index in [1.54, 1.807) is 42.3 Å². The molecular formula is C21H24N2O6. The van der Waals surface area contributed by atoms with Crippen molar-refractivity contribution >= 4 is 23.2 Å². The molecule has 154 valence electrons. The van der Waals surface area contributed by atoms with Crippen LogP contribution in [0.2, 0.25) is 0 Å². The number of benzene rings is 2. The van der Waals surface area contributed by atoms with Crippen molar-refractivity contribution in [1.29, 1.82) is 0 Å². The molecule has 1 heterocycles. The molecule has 0 aliphatic carbocycles. The average Bonchev–Trinajstić information content (AvgIpc) is 3.18. The van der Waals surface area contributed by atoms with Crippen molar-refractivity contribution in [2.45, 2.75) is 12.8 Å². The standard InChI is InChI=1S/C21H24N2O6/c1-26-16-8-7-14(12-15(16)23-9-5-6-19(23)24)22-21(25)13-10-17(27-2)20(29-4)18(11-13)28-3/h7-8,10-12H,5-6,9H2,1-4H3,(H,22,25). The van der Waals surface area contributed by atoms with Crippen LogP contribution >= 0.6 is 0 Å². The fourth-order valence-corrected chi connectivity index (χ4v) is 3.30. The van der Waals surface area contributed by atoms with E-state index in [2.05, 4.69) is 5.32 Å². The van der Waals surface area contributed by atoms with E-state index in [0.29, 0.717) is 52.9 Å². The highest BCUT2D eigenvalue weighted by Crippen LogP contribution is 2.39. The van der Waals surface area contributed by atoms with Crippen LogP contribution in [-0.2, 0) is 4.79 Å². The second-order valence-electron chi connectivity index (χ2n) is 6.40. The molecule has 2 amide bonds. The molecule has 0 aromatic heterocycles. The minimum absolute atomic E-state index is 0.0383. The number of amides is 2. The SMILES string of the molecule is COc1ccc(NC(=O)c2cc(OC)c(OC)c(OC)c2)cc1N1CCCC1=O. The van der Waals surface area contributed by atoms with E-state index in [9.17, 15) is 9.59 Å². The van der Waals surface area contributed by atoms with Crippen LogP contribution in [0.3, 0.4) is 0 Å². The smallest absolute Gasteiger partial charge is 0.255 e. The van der Waals surface area contributed by atoms with Crippen LogP contribution in [0.25, 0.3) is 0 Å². The second kappa shape index (κ2) is 8.72. The molecule has 0 atom stereocenters. The first-order valence-electron chi connectivity index (χ1n) is 9.12. The minimum Gasteiger partial charge on any atom is -0.495 e. The van der Waals surface area contributed by atoms with Gasteiger partial charge in [-0.3, -0.25) is 9.59 Å². The number of anilines is 2. The number of ether oxygens (including phenoxy) is 4. The highest BCUT2D eigenvalue weighted by molar-refractivity contribution is 6.06. The maximum Gasteiger partial charge on any atom is 0.255 e. The van der Waals surface area contributed by atoms with E-state index in [0.717, 1.165) is 6.42 Å². The average molecular weight is 400 g/mol. The van der Waals surface area contributed by atoms with Gasteiger partial charge in [0.05, 0.1) is 34.1 Å². The first-order chi connectivity index (χ1) is 14.0. The molecule has 2 aromatic rings. The fraction of sp³-hybridized carbons (Fsp3) is 0.333. The minimum atomic E-state index is -0.354. The van der Waals surface area contributed by atoms with Crippen molar-refractivity contribution in [2.75, 3.05) is 45.2 Å². The summed E-state index contributed by atoms with van der Waals surface area (Å²) >= 11 is 0. The lowest BCUT2D eigenvalue weighted by molar-refractivity contribution is -0.117. The molecule has 1 N–H and O–H groups in total. The molecule has 1 aliphatic rings. The van der Waals surface area contributed by atoms with E-state index < -0.39 is 0 Å². The molecule has 3 rings (SSSR count). The highest BCUT2D eigenvalue weighted by Gasteiger charge is 2.25. The molecule has 2 aromatic carbocycles. The number of rotatable bonds is 7. The number of methoxy groups -OCH3 is 4. The Hall–Kier alpha value is -3.42.